The molecule has 6 N–H and O–H groups in total. The fraction of sp³-hybridized carbons (Fsp3) is 0.833. The van der Waals surface area contributed by atoms with Crippen LogP contribution >= 0.6 is 0 Å². The number of hydrogen-bond donors (Lipinski definition) is 5. The number of aldehydes is 1. The Morgan fingerprint density at radius 2 is 1.78 bits per heavy atom. The lowest BCUT2D eigenvalue weighted by atomic mass is 10.0. The molecule has 27 heavy (non-hydrogen) atoms. The number of nitrogens with one attached hydrogen (secondary N) is 4. The third-order valence-corrected chi connectivity index (χ3v) is 3.39. The Balaban J connectivity index is -0.0000000738. The van der Waals surface area contributed by atoms with Gasteiger partial charge in [0.2, 0.25) is 11.8 Å². The second-order valence-electron chi connectivity index (χ2n) is 6.92. The summed E-state index contributed by atoms with van der Waals surface area (Å²) < 4.78 is 5.04. The second kappa shape index (κ2) is 17.8. The van der Waals surface area contributed by atoms with Crippen molar-refractivity contribution in [3.8, 4) is 0 Å². The van der Waals surface area contributed by atoms with Crippen LogP contribution < -0.4 is 27.0 Å². The predicted molar refractivity (Wildman–Crippen MR) is 118 cm³/mol. The highest BCUT2D eigenvalue weighted by atomic mass is 16.5. The molecule has 0 rings (SSSR count). The maximum atomic E-state index is 11.6. The molecule has 0 fully saturated rings. The zero-order chi connectivity index (χ0) is 21.2. The standard InChI is InChI=1S/C12H25N3O2.C6H14N2O2.5H2/c1-7(2)6-14-11(16)9(5)15-12(17)10(13)8(3)4;1-7-3-5-10-6-8-2-4-9;;;;;/h7-10H,6,13H2,1-5H3,(H,14,16)(H,15,17);4,7-8H,2-3,5-6H2,1H3;5*1H/t9-,10-;;;;;;/m0....../s1. The average molecular weight is 400 g/mol. The summed E-state index contributed by atoms with van der Waals surface area (Å²) in [6.45, 7) is 12.3. The number of nitrogens with two attached hydrogens (primary N) is 1. The van der Waals surface area contributed by atoms with Crippen LogP contribution in [0.3, 0.4) is 0 Å². The largest absolute Gasteiger partial charge is 0.365 e. The Kier molecular flexibility index (Phi) is 18.3. The maximum absolute atomic E-state index is 11.6. The highest BCUT2D eigenvalue weighted by molar-refractivity contribution is 5.89. The normalized spacial score (nSPS) is 12.8. The first-order chi connectivity index (χ1) is 12.7. The molecule has 170 valence electrons. The molecule has 9 heteroatoms. The fourth-order valence-corrected chi connectivity index (χ4v) is 1.57. The first-order valence-corrected chi connectivity index (χ1v) is 9.37. The molecule has 0 unspecified atom stereocenters. The lowest BCUT2D eigenvalue weighted by molar-refractivity contribution is -0.129. The highest BCUT2D eigenvalue weighted by Crippen LogP contribution is 1.98. The van der Waals surface area contributed by atoms with E-state index in [0.29, 0.717) is 32.3 Å². The molecular formula is C18H49N5O4. The van der Waals surface area contributed by atoms with Crippen LogP contribution in [0.2, 0.25) is 0 Å². The number of ether oxygens (including phenoxy) is 1. The van der Waals surface area contributed by atoms with Crippen molar-refractivity contribution in [3.63, 3.8) is 0 Å². The van der Waals surface area contributed by atoms with Crippen LogP contribution in [0.5, 0.6) is 0 Å². The third kappa shape index (κ3) is 17.6. The summed E-state index contributed by atoms with van der Waals surface area (Å²) in [5.41, 5.74) is 5.69. The molecule has 0 saturated carbocycles. The van der Waals surface area contributed by atoms with Crippen LogP contribution in [0.1, 0.15) is 41.8 Å². The molecule has 2 amide bonds. The molecular weight excluding hydrogens is 350 g/mol. The Hall–Kier alpha value is -1.55. The summed E-state index contributed by atoms with van der Waals surface area (Å²) >= 11 is 0. The van der Waals surface area contributed by atoms with Crippen molar-refractivity contribution in [1.29, 1.82) is 0 Å². The van der Waals surface area contributed by atoms with Crippen molar-refractivity contribution in [1.82, 2.24) is 21.3 Å². The zero-order valence-corrected chi connectivity index (χ0v) is 17.6. The van der Waals surface area contributed by atoms with Crippen LogP contribution in [0, 0.1) is 11.8 Å². The van der Waals surface area contributed by atoms with Gasteiger partial charge in [-0.3, -0.25) is 14.9 Å². The van der Waals surface area contributed by atoms with E-state index in [1.807, 2.05) is 34.7 Å². The first kappa shape index (κ1) is 27.7. The summed E-state index contributed by atoms with van der Waals surface area (Å²) in [4.78, 5) is 33.0. The maximum Gasteiger partial charge on any atom is 0.242 e. The lowest BCUT2D eigenvalue weighted by Gasteiger charge is -2.19. The Labute approximate surface area is 171 Å². The zero-order valence-electron chi connectivity index (χ0n) is 17.6. The molecule has 0 aromatic rings. The number of rotatable bonds is 13. The summed E-state index contributed by atoms with van der Waals surface area (Å²) in [5.74, 6) is -0.0177. The smallest absolute Gasteiger partial charge is 0.242 e. The van der Waals surface area contributed by atoms with Crippen molar-refractivity contribution in [2.45, 2.75) is 46.7 Å². The fourth-order valence-electron chi connectivity index (χ4n) is 1.57. The summed E-state index contributed by atoms with van der Waals surface area (Å²) in [6, 6.07) is -1.12. The summed E-state index contributed by atoms with van der Waals surface area (Å²) in [5, 5.41) is 11.1. The van der Waals surface area contributed by atoms with Crippen LogP contribution in [-0.2, 0) is 19.1 Å². The molecule has 0 heterocycles. The minimum absolute atomic E-state index is 0. The minimum Gasteiger partial charge on any atom is -0.365 e. The van der Waals surface area contributed by atoms with Crippen molar-refractivity contribution in [2.75, 3.05) is 40.0 Å². The van der Waals surface area contributed by atoms with Gasteiger partial charge in [-0.1, -0.05) is 27.7 Å². The molecule has 0 saturated heterocycles. The van der Waals surface area contributed by atoms with Crippen molar-refractivity contribution < 1.29 is 26.3 Å². The molecule has 0 spiro atoms. The second-order valence-corrected chi connectivity index (χ2v) is 6.92. The topological polar surface area (TPSA) is 135 Å². The molecule has 0 bridgehead atoms. The molecule has 0 aliphatic rings. The van der Waals surface area contributed by atoms with E-state index in [9.17, 15) is 14.4 Å². The van der Waals surface area contributed by atoms with Gasteiger partial charge in [-0.2, -0.15) is 0 Å². The van der Waals surface area contributed by atoms with Gasteiger partial charge in [0.05, 0.1) is 25.9 Å². The average Bonchev–Trinajstić information content (AvgIpc) is 2.62. The minimum atomic E-state index is -0.574. The number of hydrogen-bond acceptors (Lipinski definition) is 7. The molecule has 0 aromatic carbocycles. The Morgan fingerprint density at radius 1 is 1.15 bits per heavy atom. The number of amides is 2. The SMILES string of the molecule is CC(C)CNC(=O)[C@H](C)NC(=O)[C@@H](N)C(C)C.CNCCOCNCC=O.[HH].[HH].[HH].[HH].[HH]. The van der Waals surface area contributed by atoms with Gasteiger partial charge in [0.15, 0.2) is 0 Å². The Morgan fingerprint density at radius 3 is 2.26 bits per heavy atom. The molecule has 0 aliphatic heterocycles. The highest BCUT2D eigenvalue weighted by Gasteiger charge is 2.21. The van der Waals surface area contributed by atoms with Gasteiger partial charge in [0.25, 0.3) is 0 Å². The number of carbonyl (C=O) groups is 3. The van der Waals surface area contributed by atoms with E-state index >= 15 is 0 Å². The van der Waals surface area contributed by atoms with Crippen LogP contribution in [0.4, 0.5) is 0 Å². The summed E-state index contributed by atoms with van der Waals surface area (Å²) in [6.07, 6.45) is 0.807. The molecule has 9 nitrogen and oxygen atoms in total. The van der Waals surface area contributed by atoms with Gasteiger partial charge in [-0.25, -0.2) is 0 Å². The number of carbonyl (C=O) groups excluding carboxylic acids is 3. The molecule has 0 aromatic heterocycles. The lowest BCUT2D eigenvalue weighted by Crippen LogP contribution is -2.52. The van der Waals surface area contributed by atoms with Gasteiger partial charge < -0.3 is 31.2 Å². The van der Waals surface area contributed by atoms with E-state index in [1.165, 1.54) is 0 Å². The van der Waals surface area contributed by atoms with Crippen molar-refractivity contribution >= 4 is 18.1 Å². The van der Waals surface area contributed by atoms with Gasteiger partial charge in [-0.15, -0.1) is 0 Å². The van der Waals surface area contributed by atoms with Crippen LogP contribution in [0.15, 0.2) is 0 Å². The molecule has 0 radical (unpaired) electrons. The van der Waals surface area contributed by atoms with Gasteiger partial charge in [0.1, 0.15) is 12.3 Å². The van der Waals surface area contributed by atoms with E-state index in [2.05, 4.69) is 21.3 Å². The number of likely N-dealkylation sites (N-methyl/N-ethyl adjacent to an activating group) is 1. The van der Waals surface area contributed by atoms with Gasteiger partial charge in [-0.05, 0) is 25.8 Å². The van der Waals surface area contributed by atoms with E-state index in [-0.39, 0.29) is 24.9 Å². The van der Waals surface area contributed by atoms with Crippen molar-refractivity contribution in [3.05, 3.63) is 0 Å². The van der Waals surface area contributed by atoms with E-state index < -0.39 is 12.1 Å². The third-order valence-electron chi connectivity index (χ3n) is 3.39. The quantitative estimate of drug-likeness (QED) is 0.172. The van der Waals surface area contributed by atoms with E-state index in [4.69, 9.17) is 10.5 Å². The van der Waals surface area contributed by atoms with E-state index in [0.717, 1.165) is 12.8 Å². The molecule has 0 aliphatic carbocycles. The first-order valence-electron chi connectivity index (χ1n) is 9.37. The van der Waals surface area contributed by atoms with Crippen LogP contribution in [-0.4, -0.2) is 70.2 Å². The van der Waals surface area contributed by atoms with Gasteiger partial charge in [0, 0.05) is 20.2 Å². The van der Waals surface area contributed by atoms with Crippen molar-refractivity contribution in [2.24, 2.45) is 17.6 Å². The van der Waals surface area contributed by atoms with Crippen LogP contribution in [0.25, 0.3) is 0 Å². The monoisotopic (exact) mass is 399 g/mol. The van der Waals surface area contributed by atoms with Gasteiger partial charge >= 0.3 is 0 Å². The molecule has 2 atom stereocenters. The van der Waals surface area contributed by atoms with E-state index in [1.54, 1.807) is 6.92 Å². The summed E-state index contributed by atoms with van der Waals surface area (Å²) in [7, 11) is 1.86. The Bertz CT molecular complexity index is 425. The predicted octanol–water partition coefficient (Wildman–Crippen LogP) is 0.445.